The van der Waals surface area contributed by atoms with E-state index >= 15 is 0 Å². The van der Waals surface area contributed by atoms with Crippen molar-refractivity contribution >= 4 is 11.8 Å². The van der Waals surface area contributed by atoms with Crippen LogP contribution < -0.4 is 5.32 Å². The summed E-state index contributed by atoms with van der Waals surface area (Å²) in [6.45, 7) is 1.34. The van der Waals surface area contributed by atoms with Crippen LogP contribution in [0.2, 0.25) is 0 Å². The Balaban J connectivity index is 2.21. The van der Waals surface area contributed by atoms with Gasteiger partial charge in [-0.1, -0.05) is 6.07 Å². The smallest absolute Gasteiger partial charge is 0.130 e. The van der Waals surface area contributed by atoms with Gasteiger partial charge in [0.25, 0.3) is 0 Å². The molecule has 0 saturated heterocycles. The maximum absolute atomic E-state index is 13.2. The van der Waals surface area contributed by atoms with Crippen LogP contribution in [0, 0.1) is 11.6 Å². The average Bonchev–Trinajstić information content (AvgIpc) is 2.26. The van der Waals surface area contributed by atoms with E-state index in [1.807, 2.05) is 11.8 Å². The maximum atomic E-state index is 13.2. The summed E-state index contributed by atoms with van der Waals surface area (Å²) >= 11 is 1.83. The molecule has 1 rings (SSSR count). The third-order valence-corrected chi connectivity index (χ3v) is 2.98. The molecule has 0 saturated carbocycles. The van der Waals surface area contributed by atoms with E-state index in [9.17, 15) is 8.78 Å². The summed E-state index contributed by atoms with van der Waals surface area (Å²) in [7, 11) is 0. The van der Waals surface area contributed by atoms with E-state index in [1.165, 1.54) is 18.6 Å². The Labute approximate surface area is 99.6 Å². The molecule has 4 heteroatoms. The van der Waals surface area contributed by atoms with E-state index in [-0.39, 0.29) is 0 Å². The molecule has 0 amide bonds. The highest BCUT2D eigenvalue weighted by Crippen LogP contribution is 2.09. The Morgan fingerprint density at radius 1 is 1.25 bits per heavy atom. The van der Waals surface area contributed by atoms with E-state index < -0.39 is 11.6 Å². The minimum absolute atomic E-state index is 0.464. The molecule has 1 nitrogen and oxygen atoms in total. The van der Waals surface area contributed by atoms with Gasteiger partial charge in [0.05, 0.1) is 0 Å². The van der Waals surface area contributed by atoms with Crippen LogP contribution in [-0.2, 0) is 6.54 Å². The van der Waals surface area contributed by atoms with Crippen LogP contribution in [0.25, 0.3) is 0 Å². The summed E-state index contributed by atoms with van der Waals surface area (Å²) in [5.74, 6) is 0.157. The molecule has 0 unspecified atom stereocenters. The van der Waals surface area contributed by atoms with Crippen molar-refractivity contribution in [3.05, 3.63) is 35.4 Å². The molecule has 0 aliphatic rings. The highest BCUT2D eigenvalue weighted by atomic mass is 32.2. The molecular weight excluding hydrogens is 228 g/mol. The quantitative estimate of drug-likeness (QED) is 0.740. The van der Waals surface area contributed by atoms with E-state index in [4.69, 9.17) is 0 Å². The molecular formula is C12H17F2NS. The van der Waals surface area contributed by atoms with Crippen molar-refractivity contribution in [2.45, 2.75) is 19.4 Å². The predicted octanol–water partition coefficient (Wildman–Crippen LogP) is 3.20. The van der Waals surface area contributed by atoms with Gasteiger partial charge in [-0.15, -0.1) is 0 Å². The second kappa shape index (κ2) is 7.63. The number of unbranched alkanes of at least 4 members (excludes halogenated alkanes) is 1. The molecule has 0 radical (unpaired) electrons. The standard InChI is InChI=1S/C12H17F2NS/c1-16-7-3-2-6-15-9-10-4-5-11(13)8-12(10)14/h4-5,8,15H,2-3,6-7,9H2,1H3. The highest BCUT2D eigenvalue weighted by Gasteiger charge is 2.02. The van der Waals surface area contributed by atoms with Crippen LogP contribution in [0.15, 0.2) is 18.2 Å². The fraction of sp³-hybridized carbons (Fsp3) is 0.500. The first-order chi connectivity index (χ1) is 7.74. The van der Waals surface area contributed by atoms with Gasteiger partial charge in [-0.2, -0.15) is 11.8 Å². The summed E-state index contributed by atoms with van der Waals surface area (Å²) in [6.07, 6.45) is 4.34. The fourth-order valence-electron chi connectivity index (χ4n) is 1.38. The molecule has 0 atom stereocenters. The van der Waals surface area contributed by atoms with E-state index in [0.29, 0.717) is 12.1 Å². The second-order valence-electron chi connectivity index (χ2n) is 3.61. The monoisotopic (exact) mass is 245 g/mol. The molecule has 16 heavy (non-hydrogen) atoms. The summed E-state index contributed by atoms with van der Waals surface area (Å²) < 4.78 is 25.8. The number of hydrogen-bond donors (Lipinski definition) is 1. The largest absolute Gasteiger partial charge is 0.313 e. The summed E-state index contributed by atoms with van der Waals surface area (Å²) in [4.78, 5) is 0. The van der Waals surface area contributed by atoms with Crippen LogP contribution in [-0.4, -0.2) is 18.6 Å². The van der Waals surface area contributed by atoms with Gasteiger partial charge in [0.1, 0.15) is 11.6 Å². The number of hydrogen-bond acceptors (Lipinski definition) is 2. The SMILES string of the molecule is CSCCCCNCc1ccc(F)cc1F. The van der Waals surface area contributed by atoms with Crippen molar-refractivity contribution < 1.29 is 8.78 Å². The Morgan fingerprint density at radius 2 is 2.06 bits per heavy atom. The molecule has 1 aromatic rings. The lowest BCUT2D eigenvalue weighted by Gasteiger charge is -2.05. The number of rotatable bonds is 7. The van der Waals surface area contributed by atoms with Gasteiger partial charge in [0.2, 0.25) is 0 Å². The lowest BCUT2D eigenvalue weighted by atomic mass is 10.2. The Kier molecular flexibility index (Phi) is 6.42. The summed E-state index contributed by atoms with van der Waals surface area (Å²) in [5, 5.41) is 3.15. The lowest BCUT2D eigenvalue weighted by Crippen LogP contribution is -2.15. The van der Waals surface area contributed by atoms with Gasteiger partial charge >= 0.3 is 0 Å². The number of thioether (sulfide) groups is 1. The Morgan fingerprint density at radius 3 is 2.75 bits per heavy atom. The van der Waals surface area contributed by atoms with Crippen LogP contribution >= 0.6 is 11.8 Å². The van der Waals surface area contributed by atoms with Crippen LogP contribution in [0.4, 0.5) is 8.78 Å². The molecule has 0 aliphatic heterocycles. The third-order valence-electron chi connectivity index (χ3n) is 2.28. The molecule has 0 fully saturated rings. The number of nitrogens with one attached hydrogen (secondary N) is 1. The molecule has 0 bridgehead atoms. The third kappa shape index (κ3) is 4.94. The topological polar surface area (TPSA) is 12.0 Å². The van der Waals surface area contributed by atoms with Crippen molar-refractivity contribution in [2.75, 3.05) is 18.6 Å². The zero-order valence-corrected chi connectivity index (χ0v) is 10.2. The minimum atomic E-state index is -0.527. The van der Waals surface area contributed by atoms with E-state index in [1.54, 1.807) is 0 Å². The van der Waals surface area contributed by atoms with Crippen molar-refractivity contribution in [1.29, 1.82) is 0 Å². The molecule has 90 valence electrons. The van der Waals surface area contributed by atoms with Crippen molar-refractivity contribution in [1.82, 2.24) is 5.32 Å². The Bertz CT molecular complexity index is 318. The van der Waals surface area contributed by atoms with Gasteiger partial charge in [-0.05, 0) is 37.5 Å². The van der Waals surface area contributed by atoms with Gasteiger partial charge in [-0.25, -0.2) is 8.78 Å². The van der Waals surface area contributed by atoms with Crippen molar-refractivity contribution in [2.24, 2.45) is 0 Å². The minimum Gasteiger partial charge on any atom is -0.313 e. The average molecular weight is 245 g/mol. The molecule has 0 aliphatic carbocycles. The zero-order valence-electron chi connectivity index (χ0n) is 9.43. The summed E-state index contributed by atoms with van der Waals surface area (Å²) in [5.41, 5.74) is 0.520. The molecule has 0 heterocycles. The first-order valence-corrected chi connectivity index (χ1v) is 6.77. The fourth-order valence-corrected chi connectivity index (χ4v) is 1.88. The first-order valence-electron chi connectivity index (χ1n) is 5.37. The van der Waals surface area contributed by atoms with Crippen LogP contribution in [0.1, 0.15) is 18.4 Å². The van der Waals surface area contributed by atoms with Gasteiger partial charge in [0.15, 0.2) is 0 Å². The molecule has 1 N–H and O–H groups in total. The lowest BCUT2D eigenvalue weighted by molar-refractivity contribution is 0.557. The normalized spacial score (nSPS) is 10.7. The van der Waals surface area contributed by atoms with Gasteiger partial charge < -0.3 is 5.32 Å². The Hall–Kier alpha value is -0.610. The van der Waals surface area contributed by atoms with Crippen LogP contribution in [0.5, 0.6) is 0 Å². The van der Waals surface area contributed by atoms with Crippen molar-refractivity contribution in [3.8, 4) is 0 Å². The van der Waals surface area contributed by atoms with Crippen molar-refractivity contribution in [3.63, 3.8) is 0 Å². The second-order valence-corrected chi connectivity index (χ2v) is 4.60. The summed E-state index contributed by atoms with van der Waals surface area (Å²) in [6, 6.07) is 3.69. The van der Waals surface area contributed by atoms with E-state index in [0.717, 1.165) is 24.8 Å². The van der Waals surface area contributed by atoms with Gasteiger partial charge in [0, 0.05) is 18.2 Å². The zero-order chi connectivity index (χ0) is 11.8. The molecule has 1 aromatic carbocycles. The number of benzene rings is 1. The first kappa shape index (κ1) is 13.5. The highest BCUT2D eigenvalue weighted by molar-refractivity contribution is 7.98. The maximum Gasteiger partial charge on any atom is 0.130 e. The number of halogens is 2. The molecule has 0 spiro atoms. The molecule has 0 aromatic heterocycles. The van der Waals surface area contributed by atoms with E-state index in [2.05, 4.69) is 11.6 Å². The predicted molar refractivity (Wildman–Crippen MR) is 65.7 cm³/mol. The van der Waals surface area contributed by atoms with Crippen LogP contribution in [0.3, 0.4) is 0 Å². The van der Waals surface area contributed by atoms with Gasteiger partial charge in [-0.3, -0.25) is 0 Å².